The van der Waals surface area contributed by atoms with Crippen LogP contribution in [0.5, 0.6) is 11.5 Å². The third-order valence-electron chi connectivity index (χ3n) is 9.37. The van der Waals surface area contributed by atoms with Crippen molar-refractivity contribution in [2.45, 2.75) is 69.0 Å². The first-order valence-corrected chi connectivity index (χ1v) is 18.1. The van der Waals surface area contributed by atoms with Gasteiger partial charge in [-0.3, -0.25) is 24.1 Å². The molecule has 3 N–H and O–H groups in total. The first-order valence-electron chi connectivity index (χ1n) is 17.0. The number of methoxy groups -OCH3 is 1. The van der Waals surface area contributed by atoms with Gasteiger partial charge in [-0.1, -0.05) is 12.1 Å². The van der Waals surface area contributed by atoms with E-state index in [2.05, 4.69) is 11.4 Å². The minimum atomic E-state index is -0.884. The zero-order valence-electron chi connectivity index (χ0n) is 27.9. The van der Waals surface area contributed by atoms with Crippen LogP contribution in [-0.2, 0) is 36.9 Å². The number of aliphatic hydroxyl groups is 1. The van der Waals surface area contributed by atoms with Crippen LogP contribution in [0.25, 0.3) is 0 Å². The lowest BCUT2D eigenvalue weighted by Gasteiger charge is -2.34. The number of thioether (sulfide) groups is 1. The van der Waals surface area contributed by atoms with E-state index in [-0.39, 0.29) is 62.2 Å². The molecule has 3 aliphatic heterocycles. The van der Waals surface area contributed by atoms with Crippen molar-refractivity contribution in [3.8, 4) is 11.5 Å². The van der Waals surface area contributed by atoms with Crippen molar-refractivity contribution in [1.82, 2.24) is 14.8 Å². The minimum absolute atomic E-state index is 0.00505. The summed E-state index contributed by atoms with van der Waals surface area (Å²) in [6, 6.07) is 9.43. The summed E-state index contributed by atoms with van der Waals surface area (Å²) in [6.07, 6.45) is 5.53. The monoisotopic (exact) mass is 698 g/mol. The van der Waals surface area contributed by atoms with Gasteiger partial charge in [-0.05, 0) is 79.7 Å². The number of likely N-dealkylation sites (tertiary alicyclic amines) is 2. The van der Waals surface area contributed by atoms with Crippen LogP contribution in [0.15, 0.2) is 30.3 Å². The molecule has 266 valence electrons. The Morgan fingerprint density at radius 3 is 2.71 bits per heavy atom. The van der Waals surface area contributed by atoms with Crippen LogP contribution in [0.2, 0.25) is 0 Å². The number of rotatable bonds is 17. The van der Waals surface area contributed by atoms with Crippen LogP contribution in [-0.4, -0.2) is 106 Å². The number of anilines is 1. The molecule has 14 heteroatoms. The van der Waals surface area contributed by atoms with Gasteiger partial charge in [-0.15, -0.1) is 11.8 Å². The number of hydrogen-bond acceptors (Lipinski definition) is 11. The molecule has 5 rings (SSSR count). The second-order valence-corrected chi connectivity index (χ2v) is 14.0. The molecule has 0 radical (unpaired) electrons. The lowest BCUT2D eigenvalue weighted by Crippen LogP contribution is -2.39. The molecule has 3 amide bonds. The van der Waals surface area contributed by atoms with E-state index in [1.54, 1.807) is 12.1 Å². The molecule has 1 aromatic carbocycles. The highest BCUT2D eigenvalue weighted by molar-refractivity contribution is 8.00. The number of β-amino-alcohol motifs (C(OH)–C–C–N with tert-alkyl or cyclic N) is 1. The SMILES string of the molecule is COc1cc(C(CC(=O)O)CC2CCN(C(=O)CCc3ccc4c(n3)NCCC4)CC2)ccc1OOCCSC1CC(=O)N(CCO)C1=O. The van der Waals surface area contributed by atoms with Crippen LogP contribution in [0, 0.1) is 5.92 Å². The van der Waals surface area contributed by atoms with E-state index in [0.717, 1.165) is 54.2 Å². The largest absolute Gasteiger partial charge is 0.493 e. The first kappa shape index (κ1) is 36.4. The summed E-state index contributed by atoms with van der Waals surface area (Å²) in [5.74, 6) is 0.776. The third-order valence-corrected chi connectivity index (χ3v) is 10.5. The fourth-order valence-corrected chi connectivity index (χ4v) is 7.70. The van der Waals surface area contributed by atoms with Crippen LogP contribution in [0.3, 0.4) is 0 Å². The van der Waals surface area contributed by atoms with Gasteiger partial charge in [0.25, 0.3) is 0 Å². The molecule has 2 fully saturated rings. The van der Waals surface area contributed by atoms with E-state index in [1.165, 1.54) is 24.4 Å². The average molecular weight is 699 g/mol. The highest BCUT2D eigenvalue weighted by atomic mass is 32.2. The smallest absolute Gasteiger partial charge is 0.303 e. The molecule has 0 spiro atoms. The van der Waals surface area contributed by atoms with Gasteiger partial charge in [-0.25, -0.2) is 4.98 Å². The van der Waals surface area contributed by atoms with Crippen molar-refractivity contribution in [2.75, 3.05) is 57.6 Å². The van der Waals surface area contributed by atoms with E-state index >= 15 is 0 Å². The number of carboxylic acid groups (broad SMARTS) is 1. The fourth-order valence-electron chi connectivity index (χ4n) is 6.72. The first-order chi connectivity index (χ1) is 23.7. The number of fused-ring (bicyclic) bond motifs is 1. The number of benzene rings is 1. The van der Waals surface area contributed by atoms with E-state index < -0.39 is 11.2 Å². The molecule has 0 aliphatic carbocycles. The summed E-state index contributed by atoms with van der Waals surface area (Å²) >= 11 is 1.29. The number of carbonyl (C=O) groups is 4. The third kappa shape index (κ3) is 9.86. The molecule has 2 aromatic rings. The number of aliphatic hydroxyl groups excluding tert-OH is 1. The molecule has 49 heavy (non-hydrogen) atoms. The van der Waals surface area contributed by atoms with E-state index in [0.29, 0.717) is 49.6 Å². The number of carbonyl (C=O) groups excluding carboxylic acids is 3. The molecule has 3 aliphatic rings. The van der Waals surface area contributed by atoms with Crippen LogP contribution in [0.4, 0.5) is 5.82 Å². The normalized spacial score (nSPS) is 18.6. The summed E-state index contributed by atoms with van der Waals surface area (Å²) in [6.45, 7) is 2.13. The minimum Gasteiger partial charge on any atom is -0.493 e. The van der Waals surface area contributed by atoms with Crippen molar-refractivity contribution in [3.63, 3.8) is 0 Å². The summed E-state index contributed by atoms with van der Waals surface area (Å²) in [7, 11) is 1.50. The molecule has 2 atom stereocenters. The van der Waals surface area contributed by atoms with Gasteiger partial charge >= 0.3 is 5.97 Å². The molecule has 2 saturated heterocycles. The molecular weight excluding hydrogens is 652 g/mol. The van der Waals surface area contributed by atoms with Gasteiger partial charge < -0.3 is 30.1 Å². The Morgan fingerprint density at radius 1 is 1.14 bits per heavy atom. The van der Waals surface area contributed by atoms with E-state index in [4.69, 9.17) is 24.6 Å². The highest BCUT2D eigenvalue weighted by Crippen LogP contribution is 2.37. The van der Waals surface area contributed by atoms with Crippen LogP contribution < -0.4 is 14.9 Å². The summed E-state index contributed by atoms with van der Waals surface area (Å²) < 4.78 is 5.53. The summed E-state index contributed by atoms with van der Waals surface area (Å²) in [5.41, 5.74) is 2.98. The van der Waals surface area contributed by atoms with Gasteiger partial charge in [0, 0.05) is 43.9 Å². The Morgan fingerprint density at radius 2 is 1.96 bits per heavy atom. The van der Waals surface area contributed by atoms with Crippen molar-refractivity contribution in [3.05, 3.63) is 47.2 Å². The second-order valence-electron chi connectivity index (χ2n) is 12.7. The number of nitrogens with zero attached hydrogens (tertiary/aromatic N) is 3. The maximum atomic E-state index is 13.0. The van der Waals surface area contributed by atoms with Gasteiger partial charge in [0.05, 0.1) is 31.9 Å². The Kier molecular flexibility index (Phi) is 13.1. The number of pyridine rings is 1. The van der Waals surface area contributed by atoms with Crippen LogP contribution in [0.1, 0.15) is 67.7 Å². The topological polar surface area (TPSA) is 168 Å². The van der Waals surface area contributed by atoms with Crippen molar-refractivity contribution < 1.29 is 43.9 Å². The number of aliphatic carboxylic acids is 1. The number of piperidine rings is 1. The number of carboxylic acids is 1. The molecule has 13 nitrogen and oxygen atoms in total. The number of nitrogens with one attached hydrogen (secondary N) is 1. The zero-order valence-corrected chi connectivity index (χ0v) is 28.8. The Labute approximate surface area is 290 Å². The Bertz CT molecular complexity index is 1480. The Balaban J connectivity index is 1.07. The lowest BCUT2D eigenvalue weighted by atomic mass is 9.82. The maximum Gasteiger partial charge on any atom is 0.303 e. The quantitative estimate of drug-likeness (QED) is 0.0955. The number of hydrogen-bond donors (Lipinski definition) is 3. The molecule has 1 aromatic heterocycles. The van der Waals surface area contributed by atoms with Gasteiger partial charge in [-0.2, -0.15) is 4.89 Å². The standard InChI is InChI=1S/C35H46N4O9S/c1-46-29-20-25(5-8-28(29)48-47-17-18-49-30-22-32(42)39(15-16-40)35(30)45)26(21-33(43)44)19-23-10-13-38(14-11-23)31(41)9-7-27-6-4-24-3-2-12-36-34(24)37-27/h4-6,8,20,23,26,30,40H,2-3,7,9-19,21-22H2,1H3,(H,36,37)(H,43,44). The highest BCUT2D eigenvalue weighted by Gasteiger charge is 2.38. The van der Waals surface area contributed by atoms with Crippen molar-refractivity contribution in [2.24, 2.45) is 5.92 Å². The molecule has 0 saturated carbocycles. The van der Waals surface area contributed by atoms with Crippen molar-refractivity contribution >= 4 is 41.3 Å². The molecule has 4 heterocycles. The average Bonchev–Trinajstić information content (AvgIpc) is 3.37. The van der Waals surface area contributed by atoms with Gasteiger partial charge in [0.15, 0.2) is 5.75 Å². The predicted molar refractivity (Wildman–Crippen MR) is 183 cm³/mol. The number of imide groups is 1. The zero-order chi connectivity index (χ0) is 34.8. The Hall–Kier alpha value is -3.88. The van der Waals surface area contributed by atoms with E-state index in [1.807, 2.05) is 17.0 Å². The lowest BCUT2D eigenvalue weighted by molar-refractivity contribution is -0.201. The predicted octanol–water partition coefficient (Wildman–Crippen LogP) is 3.43. The van der Waals surface area contributed by atoms with Crippen molar-refractivity contribution in [1.29, 1.82) is 0 Å². The second kappa shape index (κ2) is 17.7. The van der Waals surface area contributed by atoms with Crippen LogP contribution >= 0.6 is 11.8 Å². The number of aromatic nitrogens is 1. The molecule has 0 bridgehead atoms. The summed E-state index contributed by atoms with van der Waals surface area (Å²) in [4.78, 5) is 67.7. The molecular formula is C35H46N4O9S. The fraction of sp³-hybridized carbons (Fsp3) is 0.571. The maximum absolute atomic E-state index is 13.0. The number of ether oxygens (including phenoxy) is 1. The van der Waals surface area contributed by atoms with E-state index in [9.17, 15) is 24.3 Å². The number of aryl methyl sites for hydroxylation is 2. The molecule has 2 unspecified atom stereocenters. The van der Waals surface area contributed by atoms with Gasteiger partial charge in [0.1, 0.15) is 12.4 Å². The van der Waals surface area contributed by atoms with Gasteiger partial charge in [0.2, 0.25) is 23.5 Å². The summed E-state index contributed by atoms with van der Waals surface area (Å²) in [5, 5.41) is 21.6. The number of amides is 3.